The number of hydrazine groups is 1. The van der Waals surface area contributed by atoms with Crippen molar-refractivity contribution in [2.75, 3.05) is 20.1 Å². The van der Waals surface area contributed by atoms with Crippen LogP contribution >= 0.6 is 0 Å². The lowest BCUT2D eigenvalue weighted by Gasteiger charge is -2.12. The molecule has 7 nitrogen and oxygen atoms in total. The van der Waals surface area contributed by atoms with Crippen LogP contribution in [0.1, 0.15) is 6.42 Å². The summed E-state index contributed by atoms with van der Waals surface area (Å²) in [4.78, 5) is 27.0. The number of nitrogens with zero attached hydrogens (tertiary/aromatic N) is 1. The molecule has 0 aromatic heterocycles. The van der Waals surface area contributed by atoms with Gasteiger partial charge in [-0.25, -0.2) is 5.84 Å². The maximum Gasteiger partial charge on any atom is 0.327 e. The van der Waals surface area contributed by atoms with Gasteiger partial charge in [0.15, 0.2) is 0 Å². The van der Waals surface area contributed by atoms with Gasteiger partial charge in [0, 0.05) is 6.54 Å². The minimum Gasteiger partial charge on any atom is -0.369 e. The topological polar surface area (TPSA) is 111 Å². The van der Waals surface area contributed by atoms with Crippen molar-refractivity contribution in [1.29, 1.82) is 0 Å². The summed E-state index contributed by atoms with van der Waals surface area (Å²) < 4.78 is 0. The number of hydrogen-bond donors (Lipinski definition) is 3. The van der Waals surface area contributed by atoms with E-state index in [1.54, 1.807) is 17.5 Å². The Hall–Kier alpha value is -1.18. The zero-order valence-electron chi connectivity index (χ0n) is 7.45. The van der Waals surface area contributed by atoms with Crippen molar-refractivity contribution >= 4 is 11.9 Å². The average molecular weight is 190 g/mol. The second kappa shape index (κ2) is 6.35. The molecule has 0 aliphatic rings. The highest BCUT2D eigenvalue weighted by Gasteiger charge is 2.06. The third-order valence-corrected chi connectivity index (χ3v) is 1.30. The Labute approximate surface area is 75.9 Å². The van der Waals surface area contributed by atoms with Crippen LogP contribution in [0.5, 0.6) is 0 Å². The van der Waals surface area contributed by atoms with E-state index in [0.29, 0.717) is 6.54 Å². The Morgan fingerprint density at radius 2 is 2.15 bits per heavy atom. The molecule has 0 spiro atoms. The quantitative estimate of drug-likeness (QED) is 0.321. The molecular weight excluding hydrogens is 176 g/mol. The first-order valence-corrected chi connectivity index (χ1v) is 3.68. The van der Waals surface area contributed by atoms with Crippen LogP contribution in [0.2, 0.25) is 0 Å². The number of carbonyl (C=O) groups is 2. The van der Waals surface area contributed by atoms with Crippen molar-refractivity contribution < 1.29 is 14.4 Å². The van der Waals surface area contributed by atoms with Crippen LogP contribution in [0.15, 0.2) is 0 Å². The van der Waals surface area contributed by atoms with Crippen LogP contribution in [0.25, 0.3) is 0 Å². The first-order valence-electron chi connectivity index (χ1n) is 3.68. The summed E-state index contributed by atoms with van der Waals surface area (Å²) in [5.41, 5.74) is 6.70. The third kappa shape index (κ3) is 7.19. The van der Waals surface area contributed by atoms with Crippen molar-refractivity contribution in [3.63, 3.8) is 0 Å². The van der Waals surface area contributed by atoms with E-state index in [1.165, 1.54) is 0 Å². The number of amides is 1. The molecule has 1 amide bonds. The summed E-state index contributed by atoms with van der Waals surface area (Å²) in [5.74, 6) is 3.81. The lowest BCUT2D eigenvalue weighted by molar-refractivity contribution is -0.151. The van der Waals surface area contributed by atoms with Crippen molar-refractivity contribution in [1.82, 2.24) is 10.5 Å². The summed E-state index contributed by atoms with van der Waals surface area (Å²) in [7, 11) is 1.67. The molecule has 0 unspecified atom stereocenters. The Bertz CT molecular complexity index is 185. The number of nitrogens with one attached hydrogen (secondary N) is 1. The van der Waals surface area contributed by atoms with E-state index in [0.717, 1.165) is 0 Å². The van der Waals surface area contributed by atoms with Crippen molar-refractivity contribution in [3.8, 4) is 0 Å². The number of hydrogen-bond acceptors (Lipinski definition) is 6. The molecule has 0 aliphatic heterocycles. The summed E-state index contributed by atoms with van der Waals surface area (Å²) in [6, 6.07) is 0. The highest BCUT2D eigenvalue weighted by molar-refractivity contribution is 5.76. The average Bonchev–Trinajstić information content (AvgIpc) is 2.00. The molecule has 76 valence electrons. The van der Waals surface area contributed by atoms with Gasteiger partial charge in [0.05, 0.1) is 13.0 Å². The minimum absolute atomic E-state index is 0.114. The first-order chi connectivity index (χ1) is 6.06. The van der Waals surface area contributed by atoms with Gasteiger partial charge < -0.3 is 10.6 Å². The van der Waals surface area contributed by atoms with Crippen LogP contribution in [-0.4, -0.2) is 36.9 Å². The number of nitrogens with two attached hydrogens (primary N) is 2. The monoisotopic (exact) mass is 190 g/mol. The smallest absolute Gasteiger partial charge is 0.327 e. The van der Waals surface area contributed by atoms with E-state index in [9.17, 15) is 9.59 Å². The molecule has 0 saturated heterocycles. The molecule has 0 saturated carbocycles. The fraction of sp³-hybridized carbons (Fsp3) is 0.667. The fourth-order valence-corrected chi connectivity index (χ4v) is 0.744. The minimum atomic E-state index is -0.487. The summed E-state index contributed by atoms with van der Waals surface area (Å²) in [6.45, 7) is 0.507. The van der Waals surface area contributed by atoms with E-state index in [2.05, 4.69) is 4.84 Å². The summed E-state index contributed by atoms with van der Waals surface area (Å²) in [5, 5.41) is 0. The second-order valence-electron chi connectivity index (χ2n) is 2.55. The Kier molecular flexibility index (Phi) is 5.77. The van der Waals surface area contributed by atoms with Gasteiger partial charge in [0.1, 0.15) is 0 Å². The molecular formula is C6H14N4O3. The Morgan fingerprint density at radius 1 is 1.54 bits per heavy atom. The van der Waals surface area contributed by atoms with Crippen molar-refractivity contribution in [3.05, 3.63) is 0 Å². The predicted octanol–water partition coefficient (Wildman–Crippen LogP) is -2.28. The molecule has 0 bridgehead atoms. The van der Waals surface area contributed by atoms with Crippen molar-refractivity contribution in [2.45, 2.75) is 6.42 Å². The maximum absolute atomic E-state index is 10.7. The highest BCUT2D eigenvalue weighted by Crippen LogP contribution is 1.88. The lowest BCUT2D eigenvalue weighted by Crippen LogP contribution is -2.33. The molecule has 0 heterocycles. The maximum atomic E-state index is 10.7. The van der Waals surface area contributed by atoms with Crippen molar-refractivity contribution in [2.24, 2.45) is 11.6 Å². The first kappa shape index (κ1) is 11.8. The third-order valence-electron chi connectivity index (χ3n) is 1.30. The normalized spacial score (nSPS) is 10.1. The molecule has 13 heavy (non-hydrogen) atoms. The summed E-state index contributed by atoms with van der Waals surface area (Å²) in [6.07, 6.45) is 0.147. The van der Waals surface area contributed by atoms with E-state index in [4.69, 9.17) is 11.6 Å². The standard InChI is InChI=1S/C6H14N4O3/c1-10(4-5(7)11)3-2-6(12)13-9-8/h9H,2-4,8H2,1H3,(H2,7,11). The van der Waals surface area contributed by atoms with Gasteiger partial charge in [-0.1, -0.05) is 5.59 Å². The molecule has 0 aromatic rings. The molecule has 5 N–H and O–H groups in total. The highest BCUT2D eigenvalue weighted by atomic mass is 16.7. The van der Waals surface area contributed by atoms with Gasteiger partial charge >= 0.3 is 5.97 Å². The van der Waals surface area contributed by atoms with Gasteiger partial charge in [-0.2, -0.15) is 0 Å². The fourth-order valence-electron chi connectivity index (χ4n) is 0.744. The van der Waals surface area contributed by atoms with Gasteiger partial charge in [-0.3, -0.25) is 14.5 Å². The Balaban J connectivity index is 3.51. The molecule has 0 radical (unpaired) electrons. The van der Waals surface area contributed by atoms with Crippen LogP contribution in [0.4, 0.5) is 0 Å². The zero-order chi connectivity index (χ0) is 10.3. The Morgan fingerprint density at radius 3 is 2.62 bits per heavy atom. The van der Waals surface area contributed by atoms with Gasteiger partial charge in [0.2, 0.25) is 5.91 Å². The SMILES string of the molecule is CN(CCC(=O)ONN)CC(N)=O. The van der Waals surface area contributed by atoms with E-state index in [-0.39, 0.29) is 13.0 Å². The van der Waals surface area contributed by atoms with Crippen LogP contribution in [0, 0.1) is 0 Å². The van der Waals surface area contributed by atoms with Crippen LogP contribution in [-0.2, 0) is 14.4 Å². The second-order valence-corrected chi connectivity index (χ2v) is 2.55. The predicted molar refractivity (Wildman–Crippen MR) is 44.7 cm³/mol. The molecule has 0 aromatic carbocycles. The molecule has 0 atom stereocenters. The van der Waals surface area contributed by atoms with Gasteiger partial charge in [0.25, 0.3) is 0 Å². The largest absolute Gasteiger partial charge is 0.369 e. The van der Waals surface area contributed by atoms with E-state index in [1.807, 2.05) is 0 Å². The number of carbonyl (C=O) groups excluding carboxylic acids is 2. The molecule has 0 fully saturated rings. The number of primary amides is 1. The lowest BCUT2D eigenvalue weighted by atomic mass is 10.4. The van der Waals surface area contributed by atoms with E-state index < -0.39 is 11.9 Å². The molecule has 7 heteroatoms. The summed E-state index contributed by atoms with van der Waals surface area (Å²) >= 11 is 0. The van der Waals surface area contributed by atoms with Crippen LogP contribution < -0.4 is 17.2 Å². The number of likely N-dealkylation sites (N-methyl/N-ethyl adjacent to an activating group) is 1. The molecule has 0 aliphatic carbocycles. The van der Waals surface area contributed by atoms with Gasteiger partial charge in [-0.15, -0.1) is 0 Å². The molecule has 0 rings (SSSR count). The van der Waals surface area contributed by atoms with Crippen LogP contribution in [0.3, 0.4) is 0 Å². The van der Waals surface area contributed by atoms with Gasteiger partial charge in [-0.05, 0) is 7.05 Å². The zero-order valence-corrected chi connectivity index (χ0v) is 7.45. The van der Waals surface area contributed by atoms with E-state index >= 15 is 0 Å². The number of rotatable bonds is 6.